The van der Waals surface area contributed by atoms with Crippen molar-refractivity contribution in [2.75, 3.05) is 7.11 Å². The summed E-state index contributed by atoms with van der Waals surface area (Å²) >= 11 is 0. The van der Waals surface area contributed by atoms with Crippen molar-refractivity contribution in [1.29, 1.82) is 0 Å². The first-order valence-corrected chi connectivity index (χ1v) is 3.76. The SMILES string of the molecule is COC1C[C@H](C)[C@@H](C)C1. The fourth-order valence-electron chi connectivity index (χ4n) is 1.58. The molecule has 1 rings (SSSR count). The van der Waals surface area contributed by atoms with E-state index in [4.69, 9.17) is 4.74 Å². The van der Waals surface area contributed by atoms with Gasteiger partial charge in [0.05, 0.1) is 6.10 Å². The Morgan fingerprint density at radius 2 is 1.56 bits per heavy atom. The molecule has 9 heavy (non-hydrogen) atoms. The van der Waals surface area contributed by atoms with Gasteiger partial charge in [0.15, 0.2) is 0 Å². The van der Waals surface area contributed by atoms with Crippen LogP contribution in [0.3, 0.4) is 0 Å². The summed E-state index contributed by atoms with van der Waals surface area (Å²) in [4.78, 5) is 0. The molecular weight excluding hydrogens is 112 g/mol. The molecule has 1 saturated carbocycles. The topological polar surface area (TPSA) is 9.23 Å². The zero-order valence-electron chi connectivity index (χ0n) is 6.55. The molecule has 1 aliphatic rings. The molecule has 0 aromatic carbocycles. The fraction of sp³-hybridized carbons (Fsp3) is 1.00. The first kappa shape index (κ1) is 7.07. The highest BCUT2D eigenvalue weighted by Gasteiger charge is 2.27. The number of methoxy groups -OCH3 is 1. The Balaban J connectivity index is 2.35. The van der Waals surface area contributed by atoms with Gasteiger partial charge in [-0.15, -0.1) is 0 Å². The smallest absolute Gasteiger partial charge is 0.0576 e. The molecule has 0 aliphatic heterocycles. The zero-order valence-corrected chi connectivity index (χ0v) is 6.55. The molecule has 1 nitrogen and oxygen atoms in total. The van der Waals surface area contributed by atoms with Gasteiger partial charge in [-0.25, -0.2) is 0 Å². The van der Waals surface area contributed by atoms with E-state index in [1.807, 2.05) is 7.11 Å². The summed E-state index contributed by atoms with van der Waals surface area (Å²) in [6.45, 7) is 4.62. The van der Waals surface area contributed by atoms with Crippen molar-refractivity contribution in [3.05, 3.63) is 0 Å². The third-order valence-electron chi connectivity index (χ3n) is 2.57. The second-order valence-corrected chi connectivity index (χ2v) is 3.28. The lowest BCUT2D eigenvalue weighted by Crippen LogP contribution is -2.03. The Bertz CT molecular complexity index is 80.6. The molecule has 0 saturated heterocycles. The molecule has 1 fully saturated rings. The Morgan fingerprint density at radius 1 is 1.11 bits per heavy atom. The Labute approximate surface area is 57.4 Å². The fourth-order valence-corrected chi connectivity index (χ4v) is 1.58. The van der Waals surface area contributed by atoms with Crippen LogP contribution in [-0.2, 0) is 4.74 Å². The average Bonchev–Trinajstić information content (AvgIpc) is 2.13. The maximum absolute atomic E-state index is 5.25. The van der Waals surface area contributed by atoms with Crippen LogP contribution in [0.5, 0.6) is 0 Å². The highest BCUT2D eigenvalue weighted by molar-refractivity contribution is 4.78. The summed E-state index contributed by atoms with van der Waals surface area (Å²) in [6, 6.07) is 0. The maximum Gasteiger partial charge on any atom is 0.0576 e. The first-order chi connectivity index (χ1) is 4.24. The molecular formula is C8H16O. The minimum Gasteiger partial charge on any atom is -0.381 e. The lowest BCUT2D eigenvalue weighted by molar-refractivity contribution is 0.104. The Kier molecular flexibility index (Phi) is 2.12. The molecule has 0 unspecified atom stereocenters. The van der Waals surface area contributed by atoms with Crippen molar-refractivity contribution in [2.24, 2.45) is 11.8 Å². The van der Waals surface area contributed by atoms with E-state index in [9.17, 15) is 0 Å². The van der Waals surface area contributed by atoms with Gasteiger partial charge in [-0.3, -0.25) is 0 Å². The second-order valence-electron chi connectivity index (χ2n) is 3.28. The standard InChI is InChI=1S/C8H16O/c1-6-4-8(9-3)5-7(6)2/h6-8H,4-5H2,1-3H3/t6-,7-/m0/s1. The van der Waals surface area contributed by atoms with E-state index in [-0.39, 0.29) is 0 Å². The molecule has 2 atom stereocenters. The van der Waals surface area contributed by atoms with E-state index in [1.54, 1.807) is 0 Å². The Morgan fingerprint density at radius 3 is 1.78 bits per heavy atom. The van der Waals surface area contributed by atoms with Gasteiger partial charge in [-0.1, -0.05) is 13.8 Å². The van der Waals surface area contributed by atoms with E-state index in [0.29, 0.717) is 6.10 Å². The number of hydrogen-bond acceptors (Lipinski definition) is 1. The van der Waals surface area contributed by atoms with E-state index >= 15 is 0 Å². The molecule has 0 amide bonds. The molecule has 54 valence electrons. The van der Waals surface area contributed by atoms with Crippen LogP contribution in [0.1, 0.15) is 26.7 Å². The Hall–Kier alpha value is -0.0400. The van der Waals surface area contributed by atoms with Crippen molar-refractivity contribution in [2.45, 2.75) is 32.8 Å². The largest absolute Gasteiger partial charge is 0.381 e. The van der Waals surface area contributed by atoms with Gasteiger partial charge < -0.3 is 4.74 Å². The number of rotatable bonds is 1. The van der Waals surface area contributed by atoms with Crippen molar-refractivity contribution in [1.82, 2.24) is 0 Å². The van der Waals surface area contributed by atoms with Crippen molar-refractivity contribution in [3.63, 3.8) is 0 Å². The lowest BCUT2D eigenvalue weighted by atomic mass is 10.0. The summed E-state index contributed by atoms with van der Waals surface area (Å²) in [5, 5.41) is 0. The predicted octanol–water partition coefficient (Wildman–Crippen LogP) is 2.07. The van der Waals surface area contributed by atoms with Crippen LogP contribution in [0.25, 0.3) is 0 Å². The highest BCUT2D eigenvalue weighted by atomic mass is 16.5. The molecule has 0 heterocycles. The van der Waals surface area contributed by atoms with Gasteiger partial charge in [-0.05, 0) is 24.7 Å². The minimum absolute atomic E-state index is 0.551. The number of ether oxygens (including phenoxy) is 1. The van der Waals surface area contributed by atoms with Crippen LogP contribution < -0.4 is 0 Å². The normalized spacial score (nSPS) is 37.7. The van der Waals surface area contributed by atoms with Gasteiger partial charge in [-0.2, -0.15) is 0 Å². The third kappa shape index (κ3) is 1.45. The summed E-state index contributed by atoms with van der Waals surface area (Å²) in [5.41, 5.74) is 0. The molecule has 0 radical (unpaired) electrons. The molecule has 0 spiro atoms. The van der Waals surface area contributed by atoms with Crippen LogP contribution in [0.2, 0.25) is 0 Å². The van der Waals surface area contributed by atoms with E-state index in [1.165, 1.54) is 12.8 Å². The van der Waals surface area contributed by atoms with E-state index in [2.05, 4.69) is 13.8 Å². The van der Waals surface area contributed by atoms with Gasteiger partial charge >= 0.3 is 0 Å². The van der Waals surface area contributed by atoms with Crippen LogP contribution in [0, 0.1) is 11.8 Å². The van der Waals surface area contributed by atoms with E-state index < -0.39 is 0 Å². The highest BCUT2D eigenvalue weighted by Crippen LogP contribution is 2.32. The van der Waals surface area contributed by atoms with Gasteiger partial charge in [0, 0.05) is 7.11 Å². The number of hydrogen-bond donors (Lipinski definition) is 0. The maximum atomic E-state index is 5.25. The quantitative estimate of drug-likeness (QED) is 0.525. The molecule has 1 heteroatoms. The monoisotopic (exact) mass is 128 g/mol. The lowest BCUT2D eigenvalue weighted by Gasteiger charge is -2.04. The molecule has 0 N–H and O–H groups in total. The minimum atomic E-state index is 0.551. The average molecular weight is 128 g/mol. The van der Waals surface area contributed by atoms with Gasteiger partial charge in [0.2, 0.25) is 0 Å². The van der Waals surface area contributed by atoms with Crippen molar-refractivity contribution < 1.29 is 4.74 Å². The predicted molar refractivity (Wildman–Crippen MR) is 38.4 cm³/mol. The third-order valence-corrected chi connectivity index (χ3v) is 2.57. The van der Waals surface area contributed by atoms with Crippen LogP contribution in [0.15, 0.2) is 0 Å². The van der Waals surface area contributed by atoms with Gasteiger partial charge in [0.1, 0.15) is 0 Å². The molecule has 0 aromatic rings. The van der Waals surface area contributed by atoms with Crippen molar-refractivity contribution >= 4 is 0 Å². The van der Waals surface area contributed by atoms with Crippen LogP contribution in [-0.4, -0.2) is 13.2 Å². The summed E-state index contributed by atoms with van der Waals surface area (Å²) in [6.07, 6.45) is 3.07. The van der Waals surface area contributed by atoms with Gasteiger partial charge in [0.25, 0.3) is 0 Å². The summed E-state index contributed by atoms with van der Waals surface area (Å²) in [7, 11) is 1.81. The first-order valence-electron chi connectivity index (χ1n) is 3.76. The molecule has 0 aromatic heterocycles. The second kappa shape index (κ2) is 2.70. The zero-order chi connectivity index (χ0) is 6.85. The van der Waals surface area contributed by atoms with E-state index in [0.717, 1.165) is 11.8 Å². The van der Waals surface area contributed by atoms with Crippen LogP contribution >= 0.6 is 0 Å². The van der Waals surface area contributed by atoms with Crippen LogP contribution in [0.4, 0.5) is 0 Å². The molecule has 1 aliphatic carbocycles. The molecule has 0 bridgehead atoms. The summed E-state index contributed by atoms with van der Waals surface area (Å²) < 4.78 is 5.25. The summed E-state index contributed by atoms with van der Waals surface area (Å²) in [5.74, 6) is 1.74. The van der Waals surface area contributed by atoms with Crippen molar-refractivity contribution in [3.8, 4) is 0 Å².